The molecule has 0 spiro atoms. The molecule has 4 atom stereocenters. The van der Waals surface area contributed by atoms with Crippen LogP contribution in [0.4, 0.5) is 18.0 Å². The largest absolute Gasteiger partial charge is 0.444 e. The maximum Gasteiger partial charge on any atom is 0.416 e. The highest BCUT2D eigenvalue weighted by molar-refractivity contribution is 9.10. The average molecular weight is 710 g/mol. The van der Waals surface area contributed by atoms with Crippen LogP contribution in [0.2, 0.25) is 0 Å². The zero-order chi connectivity index (χ0) is 33.0. The zero-order valence-corrected chi connectivity index (χ0v) is 27.4. The van der Waals surface area contributed by atoms with Crippen LogP contribution in [0.3, 0.4) is 0 Å². The Morgan fingerprint density at radius 1 is 1.07 bits per heavy atom. The first-order chi connectivity index (χ1) is 21.9. The van der Waals surface area contributed by atoms with Gasteiger partial charge in [0.15, 0.2) is 0 Å². The van der Waals surface area contributed by atoms with E-state index in [0.29, 0.717) is 50.9 Å². The monoisotopic (exact) mass is 708 g/mol. The van der Waals surface area contributed by atoms with Gasteiger partial charge in [-0.1, -0.05) is 39.7 Å². The predicted octanol–water partition coefficient (Wildman–Crippen LogP) is 5.26. The summed E-state index contributed by atoms with van der Waals surface area (Å²) in [5.41, 5.74) is 6.41. The number of unbranched alkanes of at least 4 members (excludes halogenated alkanes) is 1. The van der Waals surface area contributed by atoms with Gasteiger partial charge < -0.3 is 25.0 Å². The number of nitrogens with zero attached hydrogens (tertiary/aromatic N) is 3. The molecule has 46 heavy (non-hydrogen) atoms. The van der Waals surface area contributed by atoms with Gasteiger partial charge in [0.25, 0.3) is 0 Å². The number of nitrogens with two attached hydrogens (primary N) is 1. The molecule has 0 aromatic heterocycles. The van der Waals surface area contributed by atoms with Gasteiger partial charge >= 0.3 is 12.3 Å². The van der Waals surface area contributed by atoms with Crippen LogP contribution in [-0.2, 0) is 38.3 Å². The van der Waals surface area contributed by atoms with Crippen molar-refractivity contribution >= 4 is 33.8 Å². The Morgan fingerprint density at radius 2 is 1.83 bits per heavy atom. The molecule has 250 valence electrons. The normalized spacial score (nSPS) is 23.6. The van der Waals surface area contributed by atoms with Gasteiger partial charge in [-0.25, -0.2) is 4.79 Å². The Morgan fingerprint density at radius 3 is 2.50 bits per heavy atom. The minimum atomic E-state index is -4.54. The summed E-state index contributed by atoms with van der Waals surface area (Å²) in [6, 6.07) is 10.3. The lowest BCUT2D eigenvalue weighted by molar-refractivity contribution is -0.174. The van der Waals surface area contributed by atoms with Crippen LogP contribution < -0.4 is 5.73 Å². The summed E-state index contributed by atoms with van der Waals surface area (Å²) in [5.74, 6) is -1.06. The smallest absolute Gasteiger partial charge is 0.416 e. The molecule has 2 N–H and O–H groups in total. The molecule has 2 aromatic rings. The number of ether oxygens (including phenoxy) is 2. The molecule has 0 bridgehead atoms. The third-order valence-corrected chi connectivity index (χ3v) is 9.38. The highest BCUT2D eigenvalue weighted by atomic mass is 79.9. The number of carbonyl (C=O) groups excluding carboxylic acids is 3. The third-order valence-electron chi connectivity index (χ3n) is 8.85. The third kappa shape index (κ3) is 8.03. The fourth-order valence-electron chi connectivity index (χ4n) is 6.64. The van der Waals surface area contributed by atoms with E-state index in [-0.39, 0.29) is 43.2 Å². The van der Waals surface area contributed by atoms with E-state index in [2.05, 4.69) is 15.9 Å². The number of amides is 3. The van der Waals surface area contributed by atoms with Gasteiger partial charge in [0.2, 0.25) is 11.8 Å². The van der Waals surface area contributed by atoms with Crippen molar-refractivity contribution in [2.45, 2.75) is 76.5 Å². The molecule has 13 heteroatoms. The number of aryl methyl sites for hydroxylation is 1. The molecule has 0 aliphatic carbocycles. The van der Waals surface area contributed by atoms with Crippen LogP contribution in [-0.4, -0.2) is 83.7 Å². The Labute approximate surface area is 275 Å². The molecular weight excluding hydrogens is 669 g/mol. The summed E-state index contributed by atoms with van der Waals surface area (Å²) in [6.45, 7) is 2.70. The molecule has 9 nitrogen and oxygen atoms in total. The molecule has 3 amide bonds. The Balaban J connectivity index is 1.44. The van der Waals surface area contributed by atoms with Crippen molar-refractivity contribution in [3.8, 4) is 0 Å². The number of benzene rings is 2. The van der Waals surface area contributed by atoms with Crippen LogP contribution in [0.15, 0.2) is 46.9 Å². The molecule has 1 unspecified atom stereocenters. The number of rotatable bonds is 10. The van der Waals surface area contributed by atoms with E-state index < -0.39 is 36.0 Å². The molecule has 3 aliphatic heterocycles. The number of hydrogen-bond acceptors (Lipinski definition) is 6. The van der Waals surface area contributed by atoms with Crippen molar-refractivity contribution in [3.05, 3.63) is 69.2 Å². The molecule has 0 saturated carbocycles. The second kappa shape index (κ2) is 14.7. The van der Waals surface area contributed by atoms with E-state index in [4.69, 9.17) is 15.2 Å². The van der Waals surface area contributed by atoms with Crippen molar-refractivity contribution in [1.82, 2.24) is 14.7 Å². The lowest BCUT2D eigenvalue weighted by Gasteiger charge is -2.54. The van der Waals surface area contributed by atoms with Gasteiger partial charge in [0, 0.05) is 24.2 Å². The van der Waals surface area contributed by atoms with Crippen LogP contribution in [0.1, 0.15) is 54.4 Å². The molecular formula is C33H40BrF3N4O5. The number of fused-ring (bicyclic) bond motifs is 1. The molecule has 3 fully saturated rings. The van der Waals surface area contributed by atoms with E-state index in [9.17, 15) is 27.6 Å². The van der Waals surface area contributed by atoms with Crippen molar-refractivity contribution in [3.63, 3.8) is 0 Å². The minimum Gasteiger partial charge on any atom is -0.444 e. The van der Waals surface area contributed by atoms with Crippen molar-refractivity contribution in [1.29, 1.82) is 0 Å². The van der Waals surface area contributed by atoms with Gasteiger partial charge in [0.1, 0.15) is 18.8 Å². The maximum absolute atomic E-state index is 14.2. The standard InChI is InChI=1S/C33H40BrF3N4O5/c1-21-13-23(16-25(14-21)33(35,36)37)20-46-32(44)40-17-24(15-22-7-9-26(34)10-8-22)30(42)41-28(6-2-3-11-38)31(43)39(19-29(40)41)18-27-5-4-12-45-27/h7-10,13-14,16,24,27-29H,2-6,11-12,15,17-20,38H2,1H3/t24-,27?,28-,29+/m0/s1. The summed E-state index contributed by atoms with van der Waals surface area (Å²) in [5, 5.41) is 0. The van der Waals surface area contributed by atoms with E-state index >= 15 is 0 Å². The average Bonchev–Trinajstić information content (AvgIpc) is 3.52. The second-order valence-electron chi connectivity index (χ2n) is 12.3. The van der Waals surface area contributed by atoms with Crippen LogP contribution >= 0.6 is 15.9 Å². The number of halogens is 4. The Hall–Kier alpha value is -3.16. The Kier molecular flexibility index (Phi) is 10.9. The number of carbonyl (C=O) groups is 3. The van der Waals surface area contributed by atoms with Crippen LogP contribution in [0.25, 0.3) is 0 Å². The topological polar surface area (TPSA) is 105 Å². The quantitative estimate of drug-likeness (QED) is 0.338. The van der Waals surface area contributed by atoms with Gasteiger partial charge in [-0.05, 0) is 87.4 Å². The summed E-state index contributed by atoms with van der Waals surface area (Å²) < 4.78 is 52.7. The lowest BCUT2D eigenvalue weighted by atomic mass is 9.90. The fraction of sp³-hybridized carbons (Fsp3) is 0.545. The predicted molar refractivity (Wildman–Crippen MR) is 167 cm³/mol. The maximum atomic E-state index is 14.2. The van der Waals surface area contributed by atoms with Gasteiger partial charge in [0.05, 0.1) is 24.1 Å². The van der Waals surface area contributed by atoms with Gasteiger partial charge in [-0.3, -0.25) is 14.5 Å². The minimum absolute atomic E-state index is 0.0357. The number of hydrogen-bond donors (Lipinski definition) is 1. The lowest BCUT2D eigenvalue weighted by Crippen LogP contribution is -2.73. The highest BCUT2D eigenvalue weighted by Crippen LogP contribution is 2.34. The Bertz CT molecular complexity index is 1400. The SMILES string of the molecule is Cc1cc(COC(=O)N2C[C@H](Cc3ccc(Br)cc3)C(=O)N3[C@@H]2CN(CC2CCCO2)C(=O)[C@@H]3CCCCN)cc(C(F)(F)F)c1. The number of alkyl halides is 3. The first kappa shape index (κ1) is 34.2. The second-order valence-corrected chi connectivity index (χ2v) is 13.3. The fourth-order valence-corrected chi connectivity index (χ4v) is 6.91. The van der Waals surface area contributed by atoms with E-state index in [1.807, 2.05) is 24.3 Å². The molecule has 5 rings (SSSR count). The van der Waals surface area contributed by atoms with Gasteiger partial charge in [-0.2, -0.15) is 13.2 Å². The first-order valence-corrected chi connectivity index (χ1v) is 16.5. The van der Waals surface area contributed by atoms with Crippen LogP contribution in [0.5, 0.6) is 0 Å². The molecule has 0 radical (unpaired) electrons. The van der Waals surface area contributed by atoms with Crippen molar-refractivity contribution < 1.29 is 37.0 Å². The van der Waals surface area contributed by atoms with E-state index in [1.165, 1.54) is 4.90 Å². The van der Waals surface area contributed by atoms with E-state index in [1.54, 1.807) is 22.8 Å². The summed E-state index contributed by atoms with van der Waals surface area (Å²) in [4.78, 5) is 46.7. The summed E-state index contributed by atoms with van der Waals surface area (Å²) >= 11 is 3.43. The van der Waals surface area contributed by atoms with Crippen LogP contribution in [0, 0.1) is 12.8 Å². The summed E-state index contributed by atoms with van der Waals surface area (Å²) in [7, 11) is 0. The molecule has 3 saturated heterocycles. The van der Waals surface area contributed by atoms with Crippen molar-refractivity contribution in [2.75, 3.05) is 32.8 Å². The highest BCUT2D eigenvalue weighted by Gasteiger charge is 2.52. The molecule has 2 aromatic carbocycles. The zero-order valence-electron chi connectivity index (χ0n) is 25.8. The summed E-state index contributed by atoms with van der Waals surface area (Å²) in [6.07, 6.45) is -2.52. The molecule has 3 aliphatic rings. The first-order valence-electron chi connectivity index (χ1n) is 15.7. The van der Waals surface area contributed by atoms with E-state index in [0.717, 1.165) is 35.0 Å². The van der Waals surface area contributed by atoms with Crippen molar-refractivity contribution in [2.24, 2.45) is 11.7 Å². The molecule has 3 heterocycles. The van der Waals surface area contributed by atoms with Gasteiger partial charge in [-0.15, -0.1) is 0 Å². The number of piperazine rings is 1.